The van der Waals surface area contributed by atoms with Crippen molar-refractivity contribution < 1.29 is 14.6 Å². The lowest BCUT2D eigenvalue weighted by atomic mass is 10.1. The van der Waals surface area contributed by atoms with Crippen molar-refractivity contribution in [1.82, 2.24) is 0 Å². The first kappa shape index (κ1) is 15.8. The van der Waals surface area contributed by atoms with Gasteiger partial charge in [-0.05, 0) is 30.2 Å². The Labute approximate surface area is 119 Å². The van der Waals surface area contributed by atoms with Crippen molar-refractivity contribution in [2.24, 2.45) is 0 Å². The van der Waals surface area contributed by atoms with Gasteiger partial charge in [0.15, 0.2) is 0 Å². The summed E-state index contributed by atoms with van der Waals surface area (Å²) in [7, 11) is 0. The molecular weight excluding hydrogens is 254 g/mol. The Hall–Kier alpha value is -2.28. The second-order valence-corrected chi connectivity index (χ2v) is 4.46. The largest absolute Gasteiger partial charge is 0.494 e. The van der Waals surface area contributed by atoms with E-state index >= 15 is 0 Å². The average Bonchev–Trinajstić information content (AvgIpc) is 2.44. The maximum atomic E-state index is 10.8. The summed E-state index contributed by atoms with van der Waals surface area (Å²) in [5, 5.41) is 17.5. The first-order valence-electron chi connectivity index (χ1n) is 6.75. The van der Waals surface area contributed by atoms with Gasteiger partial charge >= 0.3 is 5.97 Å². The molecule has 0 aliphatic carbocycles. The molecule has 1 aromatic rings. The second kappa shape index (κ2) is 8.76. The molecule has 106 valence electrons. The van der Waals surface area contributed by atoms with Crippen molar-refractivity contribution >= 4 is 12.0 Å². The number of ether oxygens (including phenoxy) is 1. The molecule has 0 heterocycles. The number of unbranched alkanes of at least 4 members (excludes halogenated alkanes) is 3. The van der Waals surface area contributed by atoms with Crippen LogP contribution < -0.4 is 4.74 Å². The van der Waals surface area contributed by atoms with Crippen LogP contribution in [-0.2, 0) is 4.79 Å². The van der Waals surface area contributed by atoms with E-state index in [1.165, 1.54) is 18.9 Å². The highest BCUT2D eigenvalue weighted by molar-refractivity contribution is 5.96. The Morgan fingerprint density at radius 2 is 2.20 bits per heavy atom. The summed E-state index contributed by atoms with van der Waals surface area (Å²) in [5.41, 5.74) is 0.361. The summed E-state index contributed by atoms with van der Waals surface area (Å²) in [6.07, 6.45) is 5.88. The summed E-state index contributed by atoms with van der Waals surface area (Å²) in [4.78, 5) is 10.8. The molecule has 4 nitrogen and oxygen atoms in total. The average molecular weight is 273 g/mol. The minimum absolute atomic E-state index is 0.287. The standard InChI is InChI=1S/C16H19NO3/c1-2-3-4-5-9-20-15-8-6-7-13(11-15)10-14(12-17)16(18)19/h6-8,10-11H,2-5,9H2,1H3,(H,18,19). The molecule has 0 saturated heterocycles. The van der Waals surface area contributed by atoms with E-state index < -0.39 is 5.97 Å². The van der Waals surface area contributed by atoms with Gasteiger partial charge in [-0.2, -0.15) is 5.26 Å². The molecule has 0 fully saturated rings. The predicted molar refractivity (Wildman–Crippen MR) is 77.3 cm³/mol. The highest BCUT2D eigenvalue weighted by Crippen LogP contribution is 2.16. The van der Waals surface area contributed by atoms with Crippen LogP contribution in [-0.4, -0.2) is 17.7 Å². The van der Waals surface area contributed by atoms with E-state index in [0.29, 0.717) is 17.9 Å². The van der Waals surface area contributed by atoms with Gasteiger partial charge in [0.05, 0.1) is 6.61 Å². The summed E-state index contributed by atoms with van der Waals surface area (Å²) < 4.78 is 5.61. The third kappa shape index (κ3) is 5.57. The van der Waals surface area contributed by atoms with Gasteiger partial charge in [0, 0.05) is 0 Å². The van der Waals surface area contributed by atoms with Gasteiger partial charge in [-0.15, -0.1) is 0 Å². The zero-order valence-corrected chi connectivity index (χ0v) is 11.6. The zero-order valence-electron chi connectivity index (χ0n) is 11.6. The number of carboxylic acids is 1. The van der Waals surface area contributed by atoms with E-state index in [-0.39, 0.29) is 5.57 Å². The minimum Gasteiger partial charge on any atom is -0.494 e. The number of nitriles is 1. The lowest BCUT2D eigenvalue weighted by molar-refractivity contribution is -0.132. The first-order chi connectivity index (χ1) is 9.67. The summed E-state index contributed by atoms with van der Waals surface area (Å²) in [5.74, 6) is -0.531. The van der Waals surface area contributed by atoms with Gasteiger partial charge in [-0.3, -0.25) is 0 Å². The van der Waals surface area contributed by atoms with Crippen LogP contribution >= 0.6 is 0 Å². The molecule has 0 radical (unpaired) electrons. The summed E-state index contributed by atoms with van der Waals surface area (Å²) in [6, 6.07) is 8.74. The van der Waals surface area contributed by atoms with Gasteiger partial charge in [0.2, 0.25) is 0 Å². The summed E-state index contributed by atoms with van der Waals surface area (Å²) in [6.45, 7) is 2.81. The molecule has 1 N–H and O–H groups in total. The number of benzene rings is 1. The molecule has 0 aliphatic rings. The van der Waals surface area contributed by atoms with Crippen LogP contribution in [0.15, 0.2) is 29.8 Å². The molecule has 0 saturated carbocycles. The molecule has 0 aromatic heterocycles. The monoisotopic (exact) mass is 273 g/mol. The van der Waals surface area contributed by atoms with E-state index in [4.69, 9.17) is 15.1 Å². The van der Waals surface area contributed by atoms with E-state index in [2.05, 4.69) is 6.92 Å². The number of hydrogen-bond acceptors (Lipinski definition) is 3. The lowest BCUT2D eigenvalue weighted by Crippen LogP contribution is -1.98. The topological polar surface area (TPSA) is 70.3 Å². The third-order valence-electron chi connectivity index (χ3n) is 2.79. The Balaban J connectivity index is 2.62. The highest BCUT2D eigenvalue weighted by atomic mass is 16.5. The fraction of sp³-hybridized carbons (Fsp3) is 0.375. The van der Waals surface area contributed by atoms with Crippen molar-refractivity contribution in [1.29, 1.82) is 5.26 Å². The van der Waals surface area contributed by atoms with Gasteiger partial charge in [-0.1, -0.05) is 38.3 Å². The molecule has 20 heavy (non-hydrogen) atoms. The highest BCUT2D eigenvalue weighted by Gasteiger charge is 2.05. The van der Waals surface area contributed by atoms with Crippen LogP contribution in [0.2, 0.25) is 0 Å². The number of aliphatic carboxylic acids is 1. The Kier molecular flexibility index (Phi) is 6.91. The second-order valence-electron chi connectivity index (χ2n) is 4.46. The Morgan fingerprint density at radius 3 is 2.85 bits per heavy atom. The molecule has 0 bridgehead atoms. The molecule has 0 atom stereocenters. The predicted octanol–water partition coefficient (Wildman–Crippen LogP) is 3.64. The molecular formula is C16H19NO3. The van der Waals surface area contributed by atoms with Gasteiger partial charge in [0.25, 0.3) is 0 Å². The fourth-order valence-corrected chi connectivity index (χ4v) is 1.72. The number of carbonyl (C=O) groups is 1. The maximum Gasteiger partial charge on any atom is 0.346 e. The van der Waals surface area contributed by atoms with Crippen molar-refractivity contribution in [3.05, 3.63) is 35.4 Å². The van der Waals surface area contributed by atoms with Gasteiger partial charge in [-0.25, -0.2) is 4.79 Å². The van der Waals surface area contributed by atoms with E-state index in [1.807, 2.05) is 6.07 Å². The fourth-order valence-electron chi connectivity index (χ4n) is 1.72. The Bertz CT molecular complexity index is 515. The number of rotatable bonds is 8. The molecule has 0 amide bonds. The van der Waals surface area contributed by atoms with Crippen molar-refractivity contribution in [3.8, 4) is 11.8 Å². The number of nitrogens with zero attached hydrogens (tertiary/aromatic N) is 1. The number of hydrogen-bond donors (Lipinski definition) is 1. The van der Waals surface area contributed by atoms with E-state index in [0.717, 1.165) is 12.8 Å². The van der Waals surface area contributed by atoms with Crippen LogP contribution in [0.25, 0.3) is 6.08 Å². The lowest BCUT2D eigenvalue weighted by Gasteiger charge is -2.06. The molecule has 0 spiro atoms. The first-order valence-corrected chi connectivity index (χ1v) is 6.75. The van der Waals surface area contributed by atoms with Gasteiger partial charge in [0.1, 0.15) is 17.4 Å². The Morgan fingerprint density at radius 1 is 1.40 bits per heavy atom. The quantitative estimate of drug-likeness (QED) is 0.446. The van der Waals surface area contributed by atoms with Crippen molar-refractivity contribution in [3.63, 3.8) is 0 Å². The molecule has 0 aliphatic heterocycles. The maximum absolute atomic E-state index is 10.8. The van der Waals surface area contributed by atoms with Crippen LogP contribution in [0, 0.1) is 11.3 Å². The molecule has 1 rings (SSSR count). The minimum atomic E-state index is -1.22. The molecule has 4 heteroatoms. The van der Waals surface area contributed by atoms with Crippen LogP contribution in [0.4, 0.5) is 0 Å². The number of carboxylic acid groups (broad SMARTS) is 1. The van der Waals surface area contributed by atoms with E-state index in [1.54, 1.807) is 24.3 Å². The van der Waals surface area contributed by atoms with Crippen molar-refractivity contribution in [2.75, 3.05) is 6.61 Å². The molecule has 0 unspecified atom stereocenters. The van der Waals surface area contributed by atoms with Crippen LogP contribution in [0.5, 0.6) is 5.75 Å². The van der Waals surface area contributed by atoms with Crippen LogP contribution in [0.3, 0.4) is 0 Å². The van der Waals surface area contributed by atoms with Crippen LogP contribution in [0.1, 0.15) is 38.2 Å². The van der Waals surface area contributed by atoms with Crippen molar-refractivity contribution in [2.45, 2.75) is 32.6 Å². The normalized spacial score (nSPS) is 10.9. The third-order valence-corrected chi connectivity index (χ3v) is 2.79. The SMILES string of the molecule is CCCCCCOc1cccc(C=C(C#N)C(=O)O)c1. The smallest absolute Gasteiger partial charge is 0.346 e. The zero-order chi connectivity index (χ0) is 14.8. The summed E-state index contributed by atoms with van der Waals surface area (Å²) >= 11 is 0. The molecule has 1 aromatic carbocycles. The van der Waals surface area contributed by atoms with Gasteiger partial charge < -0.3 is 9.84 Å². The van der Waals surface area contributed by atoms with E-state index in [9.17, 15) is 4.79 Å².